The minimum absolute atomic E-state index is 0.258. The number of amides is 1. The fourth-order valence-electron chi connectivity index (χ4n) is 3.42. The van der Waals surface area contributed by atoms with Crippen LogP contribution in [0.15, 0.2) is 46.9 Å². The quantitative estimate of drug-likeness (QED) is 0.554. The fraction of sp³-hybridized carbons (Fsp3) is 0.238. The Morgan fingerprint density at radius 3 is 2.75 bits per heavy atom. The fourth-order valence-corrected chi connectivity index (χ4v) is 3.72. The highest BCUT2D eigenvalue weighted by Gasteiger charge is 2.21. The zero-order chi connectivity index (χ0) is 19.8. The number of hydrogen-bond acceptors (Lipinski definition) is 4. The van der Waals surface area contributed by atoms with Gasteiger partial charge in [-0.05, 0) is 32.3 Å². The van der Waals surface area contributed by atoms with Crippen LogP contribution >= 0.6 is 11.6 Å². The monoisotopic (exact) mass is 396 g/mol. The molecule has 0 spiro atoms. The molecule has 7 heteroatoms. The molecule has 0 aliphatic heterocycles. The highest BCUT2D eigenvalue weighted by atomic mass is 35.5. The molecule has 1 N–H and O–H groups in total. The van der Waals surface area contributed by atoms with E-state index in [1.807, 2.05) is 73.1 Å². The molecule has 0 radical (unpaired) electrons. The van der Waals surface area contributed by atoms with Crippen molar-refractivity contribution in [1.29, 1.82) is 0 Å². The normalized spacial score (nSPS) is 11.6. The van der Waals surface area contributed by atoms with Gasteiger partial charge < -0.3 is 19.2 Å². The van der Waals surface area contributed by atoms with E-state index in [-0.39, 0.29) is 12.5 Å². The minimum atomic E-state index is -0.258. The zero-order valence-corrected chi connectivity index (χ0v) is 16.7. The molecule has 4 aromatic rings. The van der Waals surface area contributed by atoms with Crippen molar-refractivity contribution in [3.05, 3.63) is 64.6 Å². The van der Waals surface area contributed by atoms with Crippen molar-refractivity contribution in [3.63, 3.8) is 0 Å². The highest BCUT2D eigenvalue weighted by molar-refractivity contribution is 6.35. The van der Waals surface area contributed by atoms with E-state index < -0.39 is 0 Å². The lowest BCUT2D eigenvalue weighted by atomic mass is 10.1. The van der Waals surface area contributed by atoms with Gasteiger partial charge in [0.15, 0.2) is 5.76 Å². The van der Waals surface area contributed by atoms with Gasteiger partial charge in [-0.15, -0.1) is 0 Å². The average Bonchev–Trinajstić information content (AvgIpc) is 3.18. The predicted molar refractivity (Wildman–Crippen MR) is 110 cm³/mol. The predicted octanol–water partition coefficient (Wildman–Crippen LogP) is 3.96. The van der Waals surface area contributed by atoms with Crippen LogP contribution in [-0.4, -0.2) is 34.5 Å². The van der Waals surface area contributed by atoms with Gasteiger partial charge in [0.2, 0.25) is 0 Å². The Balaban J connectivity index is 1.63. The molecule has 0 aliphatic rings. The number of benzene rings is 2. The van der Waals surface area contributed by atoms with Gasteiger partial charge in [-0.3, -0.25) is 4.79 Å². The number of nitrogens with zero attached hydrogens (tertiary/aromatic N) is 3. The van der Waals surface area contributed by atoms with Crippen LogP contribution in [0.4, 0.5) is 0 Å². The summed E-state index contributed by atoms with van der Waals surface area (Å²) in [4.78, 5) is 19.5. The van der Waals surface area contributed by atoms with Crippen LogP contribution in [0, 0.1) is 0 Å². The second-order valence-corrected chi connectivity index (χ2v) is 7.43. The molecule has 2 aromatic carbocycles. The van der Waals surface area contributed by atoms with Crippen molar-refractivity contribution < 1.29 is 9.21 Å². The first kappa shape index (κ1) is 18.5. The molecule has 0 saturated carbocycles. The molecule has 4 rings (SSSR count). The van der Waals surface area contributed by atoms with E-state index in [0.29, 0.717) is 22.9 Å². The number of hydrogen-bond donors (Lipinski definition) is 1. The molecule has 0 unspecified atom stereocenters. The Morgan fingerprint density at radius 1 is 1.21 bits per heavy atom. The Hall–Kier alpha value is -2.83. The number of aromatic nitrogens is 2. The molecule has 0 atom stereocenters. The van der Waals surface area contributed by atoms with Crippen LogP contribution < -0.4 is 5.32 Å². The molecule has 144 valence electrons. The molecule has 2 heterocycles. The van der Waals surface area contributed by atoms with Gasteiger partial charge in [-0.25, -0.2) is 4.98 Å². The highest BCUT2D eigenvalue weighted by Crippen LogP contribution is 2.27. The standard InChI is InChI=1S/C21H21ClN4O2/c1-25(2)12-14-13-7-4-5-10-17(13)28-20(14)21(27)23-11-18-24-16-9-6-8-15(22)19(16)26(18)3/h4-10H,11-12H2,1-3H3,(H,23,27). The summed E-state index contributed by atoms with van der Waals surface area (Å²) >= 11 is 6.28. The maximum Gasteiger partial charge on any atom is 0.287 e. The van der Waals surface area contributed by atoms with Crippen molar-refractivity contribution in [1.82, 2.24) is 19.8 Å². The van der Waals surface area contributed by atoms with E-state index in [9.17, 15) is 4.79 Å². The first-order valence-electron chi connectivity index (χ1n) is 8.99. The number of nitrogens with one attached hydrogen (secondary N) is 1. The first-order valence-corrected chi connectivity index (χ1v) is 9.36. The molecule has 0 bridgehead atoms. The van der Waals surface area contributed by atoms with Crippen LogP contribution in [0.3, 0.4) is 0 Å². The van der Waals surface area contributed by atoms with Crippen LogP contribution in [0.2, 0.25) is 5.02 Å². The van der Waals surface area contributed by atoms with Crippen LogP contribution in [0.1, 0.15) is 21.9 Å². The van der Waals surface area contributed by atoms with E-state index in [1.165, 1.54) is 0 Å². The van der Waals surface area contributed by atoms with Crippen molar-refractivity contribution in [3.8, 4) is 0 Å². The number of aryl methyl sites for hydroxylation is 1. The van der Waals surface area contributed by atoms with E-state index in [4.69, 9.17) is 16.0 Å². The number of fused-ring (bicyclic) bond motifs is 2. The maximum absolute atomic E-state index is 12.9. The molecule has 1 amide bonds. The van der Waals surface area contributed by atoms with Gasteiger partial charge >= 0.3 is 0 Å². The summed E-state index contributed by atoms with van der Waals surface area (Å²) < 4.78 is 7.77. The summed E-state index contributed by atoms with van der Waals surface area (Å²) in [5.74, 6) is 0.805. The molecule has 0 saturated heterocycles. The second kappa shape index (κ2) is 7.30. The van der Waals surface area contributed by atoms with Gasteiger partial charge in [0.05, 0.1) is 22.6 Å². The lowest BCUT2D eigenvalue weighted by Crippen LogP contribution is -2.25. The molecule has 2 aromatic heterocycles. The number of imidazole rings is 1. The van der Waals surface area contributed by atoms with Gasteiger partial charge in [-0.2, -0.15) is 0 Å². The lowest BCUT2D eigenvalue weighted by molar-refractivity contribution is 0.0922. The summed E-state index contributed by atoms with van der Waals surface area (Å²) in [6, 6.07) is 13.3. The summed E-state index contributed by atoms with van der Waals surface area (Å²) in [6.07, 6.45) is 0. The molecule has 0 aliphatic carbocycles. The van der Waals surface area contributed by atoms with Crippen LogP contribution in [0.25, 0.3) is 22.0 Å². The first-order chi connectivity index (χ1) is 13.5. The minimum Gasteiger partial charge on any atom is -0.451 e. The number of para-hydroxylation sites is 2. The SMILES string of the molecule is CN(C)Cc1c(C(=O)NCc2nc3cccc(Cl)c3n2C)oc2ccccc12. The molecular weight excluding hydrogens is 376 g/mol. The second-order valence-electron chi connectivity index (χ2n) is 7.02. The lowest BCUT2D eigenvalue weighted by Gasteiger charge is -2.10. The van der Waals surface area contributed by atoms with Gasteiger partial charge in [0, 0.05) is 24.5 Å². The maximum atomic E-state index is 12.9. The Kier molecular flexibility index (Phi) is 4.83. The largest absolute Gasteiger partial charge is 0.451 e. The zero-order valence-electron chi connectivity index (χ0n) is 16.0. The third kappa shape index (κ3) is 3.25. The van der Waals surface area contributed by atoms with E-state index in [2.05, 4.69) is 10.3 Å². The van der Waals surface area contributed by atoms with Gasteiger partial charge in [0.1, 0.15) is 11.4 Å². The van der Waals surface area contributed by atoms with Crippen molar-refractivity contribution in [2.24, 2.45) is 7.05 Å². The summed E-state index contributed by atoms with van der Waals surface area (Å²) in [5, 5.41) is 4.52. The molecular formula is C21H21ClN4O2. The number of carbonyl (C=O) groups is 1. The topological polar surface area (TPSA) is 63.3 Å². The Bertz CT molecular complexity index is 1180. The Labute approximate surface area is 167 Å². The molecule has 6 nitrogen and oxygen atoms in total. The smallest absolute Gasteiger partial charge is 0.287 e. The third-order valence-electron chi connectivity index (χ3n) is 4.72. The summed E-state index contributed by atoms with van der Waals surface area (Å²) in [6.45, 7) is 0.889. The van der Waals surface area contributed by atoms with Gasteiger partial charge in [0.25, 0.3) is 5.91 Å². The number of rotatable bonds is 5. The third-order valence-corrected chi connectivity index (χ3v) is 5.03. The van der Waals surface area contributed by atoms with Crippen molar-refractivity contribution in [2.75, 3.05) is 14.1 Å². The van der Waals surface area contributed by atoms with E-state index in [1.54, 1.807) is 0 Å². The van der Waals surface area contributed by atoms with Crippen molar-refractivity contribution >= 4 is 39.5 Å². The Morgan fingerprint density at radius 2 is 2.00 bits per heavy atom. The van der Waals surface area contributed by atoms with Crippen LogP contribution in [-0.2, 0) is 20.1 Å². The molecule has 0 fully saturated rings. The van der Waals surface area contributed by atoms with Gasteiger partial charge in [-0.1, -0.05) is 35.9 Å². The summed E-state index contributed by atoms with van der Waals surface area (Å²) in [5.41, 5.74) is 3.24. The van der Waals surface area contributed by atoms with Crippen LogP contribution in [0.5, 0.6) is 0 Å². The summed E-state index contributed by atoms with van der Waals surface area (Å²) in [7, 11) is 5.82. The molecule has 28 heavy (non-hydrogen) atoms. The van der Waals surface area contributed by atoms with E-state index in [0.717, 1.165) is 27.8 Å². The average molecular weight is 397 g/mol. The van der Waals surface area contributed by atoms with E-state index >= 15 is 0 Å². The number of furan rings is 1. The number of halogens is 1. The number of carbonyl (C=O) groups excluding carboxylic acids is 1. The van der Waals surface area contributed by atoms with Crippen molar-refractivity contribution in [2.45, 2.75) is 13.1 Å².